The van der Waals surface area contributed by atoms with E-state index in [2.05, 4.69) is 79.0 Å². The molecule has 1 aliphatic rings. The van der Waals surface area contributed by atoms with E-state index in [4.69, 9.17) is 0 Å². The molecule has 0 bridgehead atoms. The maximum atomic E-state index is 3.75. The van der Waals surface area contributed by atoms with Crippen LogP contribution in [0, 0.1) is 18.8 Å². The lowest BCUT2D eigenvalue weighted by Crippen LogP contribution is -2.58. The number of aryl methyl sites for hydroxylation is 1. The topological polar surface area (TPSA) is 15.3 Å². The molecular weight excluding hydrogens is 324 g/mol. The number of anilines is 1. The van der Waals surface area contributed by atoms with Crippen LogP contribution in [0.1, 0.15) is 39.7 Å². The second-order valence-corrected chi connectivity index (χ2v) is 7.99. The molecule has 0 spiro atoms. The van der Waals surface area contributed by atoms with Crippen LogP contribution in [0.15, 0.2) is 22.7 Å². The smallest absolute Gasteiger partial charge is 0.0438 e. The van der Waals surface area contributed by atoms with Crippen LogP contribution in [0.25, 0.3) is 0 Å². The largest absolute Gasteiger partial charge is 0.365 e. The summed E-state index contributed by atoms with van der Waals surface area (Å²) in [6, 6.07) is 7.94. The summed E-state index contributed by atoms with van der Waals surface area (Å²) < 4.78 is 1.21. The van der Waals surface area contributed by atoms with Gasteiger partial charge in [-0.15, -0.1) is 0 Å². The molecule has 0 aromatic heterocycles. The van der Waals surface area contributed by atoms with Crippen LogP contribution >= 0.6 is 15.9 Å². The molecule has 1 fully saturated rings. The van der Waals surface area contributed by atoms with Crippen molar-refractivity contribution >= 4 is 21.6 Å². The predicted molar refractivity (Wildman–Crippen MR) is 96.1 cm³/mol. The van der Waals surface area contributed by atoms with E-state index < -0.39 is 0 Å². The molecule has 0 radical (unpaired) electrons. The summed E-state index contributed by atoms with van der Waals surface area (Å²) in [6.45, 7) is 13.6. The molecule has 0 saturated carbocycles. The first-order valence-electron chi connectivity index (χ1n) is 8.14. The third-order valence-corrected chi connectivity index (χ3v) is 5.30. The van der Waals surface area contributed by atoms with Crippen molar-refractivity contribution in [2.45, 2.75) is 53.1 Å². The van der Waals surface area contributed by atoms with Crippen molar-refractivity contribution in [3.05, 3.63) is 28.2 Å². The highest BCUT2D eigenvalue weighted by Crippen LogP contribution is 2.29. The number of benzene rings is 1. The lowest BCUT2D eigenvalue weighted by Gasteiger charge is -2.44. The van der Waals surface area contributed by atoms with Crippen LogP contribution in [0.3, 0.4) is 0 Å². The van der Waals surface area contributed by atoms with Gasteiger partial charge in [-0.1, -0.05) is 49.7 Å². The maximum Gasteiger partial charge on any atom is 0.0438 e. The van der Waals surface area contributed by atoms with Crippen molar-refractivity contribution in [1.82, 2.24) is 5.32 Å². The van der Waals surface area contributed by atoms with Crippen LogP contribution in [0.2, 0.25) is 0 Å². The van der Waals surface area contributed by atoms with Gasteiger partial charge in [0.15, 0.2) is 0 Å². The zero-order chi connectivity index (χ0) is 15.6. The van der Waals surface area contributed by atoms with E-state index in [0.29, 0.717) is 18.0 Å². The summed E-state index contributed by atoms with van der Waals surface area (Å²) in [5.41, 5.74) is 2.65. The number of halogens is 1. The Labute approximate surface area is 138 Å². The molecule has 2 rings (SSSR count). The highest BCUT2D eigenvalue weighted by atomic mass is 79.9. The van der Waals surface area contributed by atoms with Gasteiger partial charge in [-0.05, 0) is 42.9 Å². The normalized spacial score (nSPS) is 23.1. The zero-order valence-electron chi connectivity index (χ0n) is 14.0. The van der Waals surface area contributed by atoms with Crippen LogP contribution in [0.5, 0.6) is 0 Å². The molecule has 1 aromatic rings. The molecule has 118 valence electrons. The quantitative estimate of drug-likeness (QED) is 0.851. The highest BCUT2D eigenvalue weighted by molar-refractivity contribution is 9.10. The van der Waals surface area contributed by atoms with Crippen LogP contribution in [-0.4, -0.2) is 25.2 Å². The lowest BCUT2D eigenvalue weighted by molar-refractivity contribution is 0.310. The summed E-state index contributed by atoms with van der Waals surface area (Å²) in [6.07, 6.45) is 1.24. The zero-order valence-corrected chi connectivity index (χ0v) is 15.6. The molecule has 3 heteroatoms. The monoisotopic (exact) mass is 352 g/mol. The molecule has 1 saturated heterocycles. The third kappa shape index (κ3) is 4.23. The second kappa shape index (κ2) is 7.15. The standard InChI is InChI=1S/C18H29BrN2/c1-12(2)8-15-11-21(18(10-20-15)13(3)4)16-7-6-14(5)17(19)9-16/h6-7,9,12-13,15,18,20H,8,10-11H2,1-5H3. The van der Waals surface area contributed by atoms with Gasteiger partial charge in [-0.3, -0.25) is 0 Å². The van der Waals surface area contributed by atoms with Crippen LogP contribution in [-0.2, 0) is 0 Å². The maximum absolute atomic E-state index is 3.75. The highest BCUT2D eigenvalue weighted by Gasteiger charge is 2.30. The molecule has 0 amide bonds. The van der Waals surface area contributed by atoms with E-state index in [1.807, 2.05) is 0 Å². The fourth-order valence-electron chi connectivity index (χ4n) is 3.21. The Bertz CT molecular complexity index is 470. The van der Waals surface area contributed by atoms with E-state index in [9.17, 15) is 0 Å². The fraction of sp³-hybridized carbons (Fsp3) is 0.667. The van der Waals surface area contributed by atoms with Gasteiger partial charge in [-0.25, -0.2) is 0 Å². The first-order valence-corrected chi connectivity index (χ1v) is 8.94. The first-order chi connectivity index (χ1) is 9.88. The van der Waals surface area contributed by atoms with Crippen molar-refractivity contribution < 1.29 is 0 Å². The predicted octanol–water partition coefficient (Wildman–Crippen LogP) is 4.61. The van der Waals surface area contributed by atoms with Gasteiger partial charge < -0.3 is 10.2 Å². The summed E-state index contributed by atoms with van der Waals surface area (Å²) in [5.74, 6) is 1.39. The van der Waals surface area contributed by atoms with Gasteiger partial charge in [-0.2, -0.15) is 0 Å². The lowest BCUT2D eigenvalue weighted by atomic mass is 9.94. The van der Waals surface area contributed by atoms with Crippen LogP contribution in [0.4, 0.5) is 5.69 Å². The molecule has 2 atom stereocenters. The summed E-state index contributed by atoms with van der Waals surface area (Å²) in [5, 5.41) is 3.75. The number of nitrogens with zero attached hydrogens (tertiary/aromatic N) is 1. The van der Waals surface area contributed by atoms with E-state index in [1.54, 1.807) is 0 Å². The molecule has 1 aromatic carbocycles. The second-order valence-electron chi connectivity index (χ2n) is 7.13. The average molecular weight is 353 g/mol. The summed E-state index contributed by atoms with van der Waals surface area (Å²) in [7, 11) is 0. The van der Waals surface area contributed by atoms with E-state index in [1.165, 1.54) is 22.1 Å². The molecule has 1 heterocycles. The Kier molecular flexibility index (Phi) is 5.73. The van der Waals surface area contributed by atoms with Crippen molar-refractivity contribution in [2.24, 2.45) is 11.8 Å². The molecule has 21 heavy (non-hydrogen) atoms. The fourth-order valence-corrected chi connectivity index (χ4v) is 3.58. The molecule has 1 N–H and O–H groups in total. The van der Waals surface area contributed by atoms with E-state index in [-0.39, 0.29) is 0 Å². The average Bonchev–Trinajstić information content (AvgIpc) is 2.41. The van der Waals surface area contributed by atoms with Gasteiger partial charge >= 0.3 is 0 Å². The minimum absolute atomic E-state index is 0.572. The Morgan fingerprint density at radius 3 is 2.57 bits per heavy atom. The molecule has 2 unspecified atom stereocenters. The van der Waals surface area contributed by atoms with Crippen LogP contribution < -0.4 is 10.2 Å². The van der Waals surface area contributed by atoms with Gasteiger partial charge in [0.05, 0.1) is 0 Å². The molecule has 0 aliphatic carbocycles. The Balaban J connectivity index is 2.22. The van der Waals surface area contributed by atoms with Crippen molar-refractivity contribution in [3.8, 4) is 0 Å². The Hall–Kier alpha value is -0.540. The number of nitrogens with one attached hydrogen (secondary N) is 1. The van der Waals surface area contributed by atoms with Crippen molar-refractivity contribution in [3.63, 3.8) is 0 Å². The number of piperazine rings is 1. The van der Waals surface area contributed by atoms with Crippen molar-refractivity contribution in [1.29, 1.82) is 0 Å². The van der Waals surface area contributed by atoms with Gasteiger partial charge in [0.1, 0.15) is 0 Å². The number of rotatable bonds is 4. The Morgan fingerprint density at radius 1 is 1.29 bits per heavy atom. The number of hydrogen-bond acceptors (Lipinski definition) is 2. The Morgan fingerprint density at radius 2 is 2.00 bits per heavy atom. The van der Waals surface area contributed by atoms with E-state index in [0.717, 1.165) is 19.0 Å². The molecule has 2 nitrogen and oxygen atoms in total. The summed E-state index contributed by atoms with van der Waals surface area (Å²) in [4.78, 5) is 2.61. The molecule has 1 aliphatic heterocycles. The summed E-state index contributed by atoms with van der Waals surface area (Å²) >= 11 is 3.68. The SMILES string of the molecule is Cc1ccc(N2CC(CC(C)C)NCC2C(C)C)cc1Br. The van der Waals surface area contributed by atoms with E-state index >= 15 is 0 Å². The first kappa shape index (κ1) is 16.8. The van der Waals surface area contributed by atoms with Gasteiger partial charge in [0.25, 0.3) is 0 Å². The third-order valence-electron chi connectivity index (χ3n) is 4.45. The van der Waals surface area contributed by atoms with Gasteiger partial charge in [0, 0.05) is 35.3 Å². The molecular formula is C18H29BrN2. The number of hydrogen-bond donors (Lipinski definition) is 1. The van der Waals surface area contributed by atoms with Crippen molar-refractivity contribution in [2.75, 3.05) is 18.0 Å². The van der Waals surface area contributed by atoms with Gasteiger partial charge in [0.2, 0.25) is 0 Å². The minimum atomic E-state index is 0.572. The minimum Gasteiger partial charge on any atom is -0.365 e.